The monoisotopic (exact) mass is 440 g/mol. The van der Waals surface area contributed by atoms with Crippen LogP contribution in [0.5, 0.6) is 0 Å². The van der Waals surface area contributed by atoms with E-state index in [9.17, 15) is 21.6 Å². The van der Waals surface area contributed by atoms with Crippen LogP contribution in [0.4, 0.5) is 24.7 Å². The van der Waals surface area contributed by atoms with Crippen molar-refractivity contribution >= 4 is 38.9 Å². The summed E-state index contributed by atoms with van der Waals surface area (Å²) < 4.78 is 62.8. The molecule has 8 nitrogen and oxygen atoms in total. The summed E-state index contributed by atoms with van der Waals surface area (Å²) in [6.45, 7) is 3.84. The van der Waals surface area contributed by atoms with Crippen molar-refractivity contribution in [1.29, 1.82) is 5.26 Å². The number of hydrogen-bond acceptors (Lipinski definition) is 6. The molecule has 0 aliphatic carbocycles. The number of nitriles is 1. The molecule has 13 heteroatoms. The molecule has 3 heterocycles. The number of hydrogen-bond donors (Lipinski definition) is 1. The molecule has 150 valence electrons. The first-order valence-electron chi connectivity index (χ1n) is 7.70. The number of primary sulfonamides is 1. The number of halogens is 3. The molecule has 1 aliphatic rings. The standard InChI is InChI=1S/C16H11F3N6O2S2/c1-9-8-24(13-3-2-4-14(23-13)29(21,26)27)15(28)25(9)10-5-11(16(17,18)19)12(6-20)22-7-10/h2-5,7H,1,8H2,(H2,21,26,27). The van der Waals surface area contributed by atoms with Crippen molar-refractivity contribution in [3.05, 3.63) is 54.0 Å². The number of sulfonamides is 1. The molecule has 0 saturated carbocycles. The summed E-state index contributed by atoms with van der Waals surface area (Å²) in [6, 6.07) is 6.23. The predicted octanol–water partition coefficient (Wildman–Crippen LogP) is 2.14. The van der Waals surface area contributed by atoms with Gasteiger partial charge in [0, 0.05) is 5.70 Å². The normalized spacial score (nSPS) is 15.0. The molecule has 1 aliphatic heterocycles. The molecule has 0 amide bonds. The highest BCUT2D eigenvalue weighted by atomic mass is 32.2. The van der Waals surface area contributed by atoms with E-state index < -0.39 is 27.5 Å². The highest BCUT2D eigenvalue weighted by Crippen LogP contribution is 2.36. The van der Waals surface area contributed by atoms with Crippen LogP contribution in [0, 0.1) is 11.3 Å². The van der Waals surface area contributed by atoms with Crippen LogP contribution in [-0.4, -0.2) is 30.0 Å². The van der Waals surface area contributed by atoms with Gasteiger partial charge in [-0.2, -0.15) is 18.4 Å². The van der Waals surface area contributed by atoms with Gasteiger partial charge < -0.3 is 0 Å². The lowest BCUT2D eigenvalue weighted by Crippen LogP contribution is -2.32. The van der Waals surface area contributed by atoms with E-state index in [1.54, 1.807) is 0 Å². The maximum atomic E-state index is 13.2. The van der Waals surface area contributed by atoms with Crippen LogP contribution in [0.25, 0.3) is 0 Å². The molecule has 2 aromatic rings. The summed E-state index contributed by atoms with van der Waals surface area (Å²) in [5.74, 6) is 0.128. The zero-order valence-corrected chi connectivity index (χ0v) is 16.0. The van der Waals surface area contributed by atoms with Crippen molar-refractivity contribution in [1.82, 2.24) is 9.97 Å². The first-order valence-corrected chi connectivity index (χ1v) is 9.65. The van der Waals surface area contributed by atoms with Gasteiger partial charge in [0.15, 0.2) is 15.8 Å². The van der Waals surface area contributed by atoms with Gasteiger partial charge >= 0.3 is 6.18 Å². The second-order valence-electron chi connectivity index (χ2n) is 5.85. The van der Waals surface area contributed by atoms with Gasteiger partial charge in [0.05, 0.1) is 24.0 Å². The van der Waals surface area contributed by atoms with Gasteiger partial charge in [0.2, 0.25) is 0 Å². The predicted molar refractivity (Wildman–Crippen MR) is 101 cm³/mol. The minimum atomic E-state index is -4.79. The molecule has 0 bridgehead atoms. The van der Waals surface area contributed by atoms with Crippen molar-refractivity contribution in [2.75, 3.05) is 16.3 Å². The Balaban J connectivity index is 2.02. The zero-order valence-electron chi connectivity index (χ0n) is 14.4. The van der Waals surface area contributed by atoms with Gasteiger partial charge in [-0.15, -0.1) is 0 Å². The summed E-state index contributed by atoms with van der Waals surface area (Å²) in [7, 11) is -4.06. The van der Waals surface area contributed by atoms with Crippen LogP contribution in [0.2, 0.25) is 0 Å². The third kappa shape index (κ3) is 3.90. The Morgan fingerprint density at radius 3 is 2.62 bits per heavy atom. The fourth-order valence-electron chi connectivity index (χ4n) is 2.64. The third-order valence-corrected chi connectivity index (χ3v) is 5.11. The molecule has 2 aromatic heterocycles. The van der Waals surface area contributed by atoms with E-state index in [4.69, 9.17) is 22.6 Å². The number of pyridine rings is 2. The first-order chi connectivity index (χ1) is 13.4. The average molecular weight is 440 g/mol. The molecular formula is C16H11F3N6O2S2. The Kier molecular flexibility index (Phi) is 5.03. The first kappa shape index (κ1) is 20.6. The second-order valence-corrected chi connectivity index (χ2v) is 7.72. The van der Waals surface area contributed by atoms with E-state index in [0.717, 1.165) is 12.3 Å². The highest BCUT2D eigenvalue weighted by Gasteiger charge is 2.37. The summed E-state index contributed by atoms with van der Waals surface area (Å²) in [6.07, 6.45) is -3.72. The van der Waals surface area contributed by atoms with Crippen LogP contribution < -0.4 is 14.9 Å². The van der Waals surface area contributed by atoms with Crippen LogP contribution >= 0.6 is 12.2 Å². The molecule has 0 atom stereocenters. The molecule has 1 saturated heterocycles. The van der Waals surface area contributed by atoms with Gasteiger partial charge in [-0.3, -0.25) is 9.80 Å². The minimum Gasteiger partial charge on any atom is -0.297 e. The van der Waals surface area contributed by atoms with E-state index in [-0.39, 0.29) is 28.2 Å². The lowest BCUT2D eigenvalue weighted by atomic mass is 10.1. The van der Waals surface area contributed by atoms with Crippen LogP contribution in [0.3, 0.4) is 0 Å². The molecule has 3 rings (SSSR count). The smallest absolute Gasteiger partial charge is 0.297 e. The van der Waals surface area contributed by atoms with Crippen LogP contribution in [-0.2, 0) is 16.2 Å². The third-order valence-electron chi connectivity index (χ3n) is 3.90. The number of anilines is 2. The van der Waals surface area contributed by atoms with Crippen molar-refractivity contribution in [2.24, 2.45) is 5.14 Å². The molecule has 29 heavy (non-hydrogen) atoms. The average Bonchev–Trinajstić information content (AvgIpc) is 2.94. The Hall–Kier alpha value is -3.08. The fraction of sp³-hybridized carbons (Fsp3) is 0.125. The Bertz CT molecular complexity index is 1170. The number of rotatable bonds is 3. The Morgan fingerprint density at radius 1 is 1.34 bits per heavy atom. The maximum absolute atomic E-state index is 13.2. The van der Waals surface area contributed by atoms with E-state index in [2.05, 4.69) is 16.5 Å². The maximum Gasteiger partial charge on any atom is 0.419 e. The van der Waals surface area contributed by atoms with Crippen molar-refractivity contribution in [3.8, 4) is 6.07 Å². The number of nitrogens with two attached hydrogens (primary N) is 1. The summed E-state index contributed by atoms with van der Waals surface area (Å²) in [4.78, 5) is 10.1. The van der Waals surface area contributed by atoms with Gasteiger partial charge in [-0.25, -0.2) is 23.5 Å². The Labute approximate surface area is 168 Å². The van der Waals surface area contributed by atoms with Crippen molar-refractivity contribution < 1.29 is 21.6 Å². The SMILES string of the molecule is C=C1CN(c2cccc(S(N)(=O)=O)n2)C(=S)N1c1cnc(C#N)c(C(F)(F)F)c1. The highest BCUT2D eigenvalue weighted by molar-refractivity contribution is 7.89. The second kappa shape index (κ2) is 7.07. The lowest BCUT2D eigenvalue weighted by Gasteiger charge is -2.22. The van der Waals surface area contributed by atoms with Gasteiger partial charge in [0.1, 0.15) is 11.9 Å². The quantitative estimate of drug-likeness (QED) is 0.722. The zero-order chi connectivity index (χ0) is 21.6. The lowest BCUT2D eigenvalue weighted by molar-refractivity contribution is -0.138. The summed E-state index contributed by atoms with van der Waals surface area (Å²) in [5.41, 5.74) is -1.72. The number of alkyl halides is 3. The molecule has 0 spiro atoms. The molecule has 0 radical (unpaired) electrons. The van der Waals surface area contributed by atoms with E-state index in [0.29, 0.717) is 5.70 Å². The summed E-state index contributed by atoms with van der Waals surface area (Å²) in [5, 5.41) is 13.6. The largest absolute Gasteiger partial charge is 0.419 e. The van der Waals surface area contributed by atoms with Crippen LogP contribution in [0.1, 0.15) is 11.3 Å². The number of aromatic nitrogens is 2. The molecule has 0 aromatic carbocycles. The van der Waals surface area contributed by atoms with E-state index in [1.807, 2.05) is 0 Å². The fourth-order valence-corrected chi connectivity index (χ4v) is 3.52. The van der Waals surface area contributed by atoms with Gasteiger partial charge in [-0.1, -0.05) is 12.6 Å². The number of nitrogens with zero attached hydrogens (tertiary/aromatic N) is 5. The molecule has 0 unspecified atom stereocenters. The minimum absolute atomic E-state index is 0.00806. The van der Waals surface area contributed by atoms with Crippen molar-refractivity contribution in [2.45, 2.75) is 11.2 Å². The van der Waals surface area contributed by atoms with Crippen LogP contribution in [0.15, 0.2) is 47.8 Å². The molecular weight excluding hydrogens is 429 g/mol. The molecule has 2 N–H and O–H groups in total. The number of thiocarbonyl (C=S) groups is 1. The van der Waals surface area contributed by atoms with Gasteiger partial charge in [-0.05, 0) is 30.4 Å². The summed E-state index contributed by atoms with van der Waals surface area (Å²) >= 11 is 5.33. The topological polar surface area (TPSA) is 116 Å². The molecule has 1 fully saturated rings. The van der Waals surface area contributed by atoms with Gasteiger partial charge in [0.25, 0.3) is 10.0 Å². The Morgan fingerprint density at radius 2 is 2.03 bits per heavy atom. The van der Waals surface area contributed by atoms with Crippen molar-refractivity contribution in [3.63, 3.8) is 0 Å². The van der Waals surface area contributed by atoms with E-state index >= 15 is 0 Å². The van der Waals surface area contributed by atoms with E-state index in [1.165, 1.54) is 34.1 Å².